The lowest BCUT2D eigenvalue weighted by molar-refractivity contribution is 0.360. The standard InChI is InChI=1S/C10H18S/c1-7(2)9-5-4-8(3)6-10(9)11/h6-7,9-11H,4-5H2,1-3H3/t9-,10+/m0/s1. The summed E-state index contributed by atoms with van der Waals surface area (Å²) < 4.78 is 0. The maximum atomic E-state index is 4.58. The van der Waals surface area contributed by atoms with Crippen LogP contribution in [-0.2, 0) is 0 Å². The number of hydrogen-bond donors (Lipinski definition) is 1. The van der Waals surface area contributed by atoms with Crippen molar-refractivity contribution >= 4 is 12.6 Å². The molecule has 1 aliphatic rings. The SMILES string of the molecule is CC1=C[C@@H](S)[C@H](C(C)C)CC1. The van der Waals surface area contributed by atoms with E-state index in [-0.39, 0.29) is 0 Å². The average molecular weight is 170 g/mol. The van der Waals surface area contributed by atoms with Crippen LogP contribution in [0.3, 0.4) is 0 Å². The normalized spacial score (nSPS) is 32.3. The Labute approximate surface area is 75.5 Å². The molecule has 0 bridgehead atoms. The van der Waals surface area contributed by atoms with Gasteiger partial charge in [-0.1, -0.05) is 25.5 Å². The van der Waals surface area contributed by atoms with Crippen molar-refractivity contribution < 1.29 is 0 Å². The van der Waals surface area contributed by atoms with Gasteiger partial charge in [-0.3, -0.25) is 0 Å². The molecule has 1 rings (SSSR count). The molecule has 0 aliphatic heterocycles. The fraction of sp³-hybridized carbons (Fsp3) is 0.800. The Morgan fingerprint density at radius 1 is 1.55 bits per heavy atom. The van der Waals surface area contributed by atoms with Gasteiger partial charge in [0.1, 0.15) is 0 Å². The van der Waals surface area contributed by atoms with Crippen LogP contribution in [0, 0.1) is 11.8 Å². The largest absolute Gasteiger partial charge is 0.171 e. The molecule has 1 heteroatoms. The first kappa shape index (κ1) is 9.18. The van der Waals surface area contributed by atoms with E-state index in [4.69, 9.17) is 0 Å². The van der Waals surface area contributed by atoms with Gasteiger partial charge in [0.15, 0.2) is 0 Å². The van der Waals surface area contributed by atoms with E-state index in [1.165, 1.54) is 18.4 Å². The van der Waals surface area contributed by atoms with E-state index in [0.717, 1.165) is 11.8 Å². The van der Waals surface area contributed by atoms with Gasteiger partial charge in [-0.2, -0.15) is 12.6 Å². The zero-order chi connectivity index (χ0) is 8.43. The van der Waals surface area contributed by atoms with Crippen molar-refractivity contribution in [3.63, 3.8) is 0 Å². The Morgan fingerprint density at radius 3 is 2.64 bits per heavy atom. The third kappa shape index (κ3) is 2.26. The highest BCUT2D eigenvalue weighted by atomic mass is 32.1. The molecule has 0 heterocycles. The van der Waals surface area contributed by atoms with E-state index in [9.17, 15) is 0 Å². The lowest BCUT2D eigenvalue weighted by atomic mass is 9.82. The molecule has 0 radical (unpaired) electrons. The van der Waals surface area contributed by atoms with Gasteiger partial charge in [-0.15, -0.1) is 0 Å². The summed E-state index contributed by atoms with van der Waals surface area (Å²) in [7, 11) is 0. The van der Waals surface area contributed by atoms with Gasteiger partial charge < -0.3 is 0 Å². The van der Waals surface area contributed by atoms with E-state index < -0.39 is 0 Å². The minimum atomic E-state index is 0.503. The van der Waals surface area contributed by atoms with Crippen molar-refractivity contribution in [1.82, 2.24) is 0 Å². The second-order valence-electron chi connectivity index (χ2n) is 3.95. The maximum absolute atomic E-state index is 4.58. The second-order valence-corrected chi connectivity index (χ2v) is 4.55. The number of rotatable bonds is 1. The van der Waals surface area contributed by atoms with E-state index in [1.54, 1.807) is 0 Å². The first-order valence-corrected chi connectivity index (χ1v) is 4.98. The summed E-state index contributed by atoms with van der Waals surface area (Å²) in [6.07, 6.45) is 4.92. The van der Waals surface area contributed by atoms with Crippen molar-refractivity contribution in [3.8, 4) is 0 Å². The minimum absolute atomic E-state index is 0.503. The number of hydrogen-bond acceptors (Lipinski definition) is 1. The lowest BCUT2D eigenvalue weighted by Crippen LogP contribution is -2.22. The Morgan fingerprint density at radius 2 is 2.18 bits per heavy atom. The van der Waals surface area contributed by atoms with Crippen molar-refractivity contribution in [3.05, 3.63) is 11.6 Å². The first-order chi connectivity index (χ1) is 5.11. The highest BCUT2D eigenvalue weighted by Gasteiger charge is 2.22. The van der Waals surface area contributed by atoms with Crippen LogP contribution in [-0.4, -0.2) is 5.25 Å². The summed E-state index contributed by atoms with van der Waals surface area (Å²) in [5, 5.41) is 0.503. The molecule has 64 valence electrons. The third-order valence-electron chi connectivity index (χ3n) is 2.62. The number of allylic oxidation sites excluding steroid dienone is 1. The van der Waals surface area contributed by atoms with Crippen LogP contribution in [0.5, 0.6) is 0 Å². The summed E-state index contributed by atoms with van der Waals surface area (Å²) in [6.45, 7) is 6.80. The smallest absolute Gasteiger partial charge is 0.0230 e. The molecule has 11 heavy (non-hydrogen) atoms. The van der Waals surface area contributed by atoms with Crippen molar-refractivity contribution in [2.75, 3.05) is 0 Å². The molecule has 0 N–H and O–H groups in total. The fourth-order valence-electron chi connectivity index (χ4n) is 1.79. The molecular weight excluding hydrogens is 152 g/mol. The van der Waals surface area contributed by atoms with Crippen molar-refractivity contribution in [2.24, 2.45) is 11.8 Å². The van der Waals surface area contributed by atoms with E-state index in [2.05, 4.69) is 39.5 Å². The van der Waals surface area contributed by atoms with Gasteiger partial charge in [0, 0.05) is 5.25 Å². The van der Waals surface area contributed by atoms with Gasteiger partial charge >= 0.3 is 0 Å². The summed E-state index contributed by atoms with van der Waals surface area (Å²) in [4.78, 5) is 0. The van der Waals surface area contributed by atoms with E-state index >= 15 is 0 Å². The van der Waals surface area contributed by atoms with Crippen LogP contribution in [0.4, 0.5) is 0 Å². The van der Waals surface area contributed by atoms with Crippen LogP contribution in [0.2, 0.25) is 0 Å². The molecule has 0 amide bonds. The van der Waals surface area contributed by atoms with Crippen LogP contribution >= 0.6 is 12.6 Å². The van der Waals surface area contributed by atoms with Crippen LogP contribution in [0.15, 0.2) is 11.6 Å². The Hall–Kier alpha value is 0.0900. The van der Waals surface area contributed by atoms with Gasteiger partial charge in [-0.05, 0) is 31.6 Å². The molecule has 0 aromatic rings. The van der Waals surface area contributed by atoms with Crippen molar-refractivity contribution in [2.45, 2.75) is 38.9 Å². The predicted molar refractivity (Wildman–Crippen MR) is 54.1 cm³/mol. The monoisotopic (exact) mass is 170 g/mol. The zero-order valence-corrected chi connectivity index (χ0v) is 8.57. The number of thiol groups is 1. The van der Waals surface area contributed by atoms with E-state index in [0.29, 0.717) is 5.25 Å². The highest BCUT2D eigenvalue weighted by molar-refractivity contribution is 7.81. The van der Waals surface area contributed by atoms with Gasteiger partial charge in [0.2, 0.25) is 0 Å². The molecule has 0 aromatic heterocycles. The Kier molecular flexibility index (Phi) is 3.06. The third-order valence-corrected chi connectivity index (χ3v) is 3.15. The highest BCUT2D eigenvalue weighted by Crippen LogP contribution is 2.32. The molecule has 0 unspecified atom stereocenters. The average Bonchev–Trinajstić information content (AvgIpc) is 1.85. The summed E-state index contributed by atoms with van der Waals surface area (Å²) in [6, 6.07) is 0. The minimum Gasteiger partial charge on any atom is -0.171 e. The van der Waals surface area contributed by atoms with Gasteiger partial charge in [-0.25, -0.2) is 0 Å². The molecule has 2 atom stereocenters. The van der Waals surface area contributed by atoms with Gasteiger partial charge in [0.05, 0.1) is 0 Å². The molecular formula is C10H18S. The molecule has 0 saturated carbocycles. The van der Waals surface area contributed by atoms with Gasteiger partial charge in [0.25, 0.3) is 0 Å². The summed E-state index contributed by atoms with van der Waals surface area (Å²) >= 11 is 4.58. The van der Waals surface area contributed by atoms with Crippen LogP contribution in [0.1, 0.15) is 33.6 Å². The first-order valence-electron chi connectivity index (χ1n) is 4.46. The lowest BCUT2D eigenvalue weighted by Gasteiger charge is -2.29. The van der Waals surface area contributed by atoms with Crippen LogP contribution in [0.25, 0.3) is 0 Å². The van der Waals surface area contributed by atoms with Crippen molar-refractivity contribution in [1.29, 1.82) is 0 Å². The zero-order valence-electron chi connectivity index (χ0n) is 7.67. The quantitative estimate of drug-likeness (QED) is 0.453. The maximum Gasteiger partial charge on any atom is 0.0230 e. The molecule has 0 saturated heterocycles. The summed E-state index contributed by atoms with van der Waals surface area (Å²) in [5.74, 6) is 1.57. The topological polar surface area (TPSA) is 0 Å². The Balaban J connectivity index is 2.60. The van der Waals surface area contributed by atoms with E-state index in [1.807, 2.05) is 0 Å². The predicted octanol–water partition coefficient (Wildman–Crippen LogP) is 3.30. The molecule has 0 aromatic carbocycles. The van der Waals surface area contributed by atoms with Crippen LogP contribution < -0.4 is 0 Å². The fourth-order valence-corrected chi connectivity index (χ4v) is 2.54. The molecule has 0 nitrogen and oxygen atoms in total. The molecule has 0 fully saturated rings. The second kappa shape index (κ2) is 3.66. The Bertz CT molecular complexity index is 158. The summed E-state index contributed by atoms with van der Waals surface area (Å²) in [5.41, 5.74) is 1.52. The molecule has 1 aliphatic carbocycles. The molecule has 0 spiro atoms.